The SMILES string of the molecule is O=C(Cc1ccccc1)N1C2CCC1C(Cn1ccc3cc(-c4cnn(C5CCCCO5)c4)ccc31)C2. The van der Waals surface area contributed by atoms with E-state index in [9.17, 15) is 4.79 Å². The molecule has 4 atom stereocenters. The van der Waals surface area contributed by atoms with Crippen LogP contribution in [0.25, 0.3) is 22.0 Å². The van der Waals surface area contributed by atoms with Crippen LogP contribution >= 0.6 is 0 Å². The van der Waals surface area contributed by atoms with E-state index in [0.29, 0.717) is 30.3 Å². The highest BCUT2D eigenvalue weighted by atomic mass is 16.5. The molecule has 3 aliphatic heterocycles. The Labute approximate surface area is 217 Å². The zero-order chi connectivity index (χ0) is 24.8. The monoisotopic (exact) mass is 494 g/mol. The lowest BCUT2D eigenvalue weighted by Gasteiger charge is -2.25. The number of nitrogens with zero attached hydrogens (tertiary/aromatic N) is 4. The van der Waals surface area contributed by atoms with Crippen LogP contribution < -0.4 is 0 Å². The van der Waals surface area contributed by atoms with Crippen molar-refractivity contribution >= 4 is 16.8 Å². The predicted octanol–water partition coefficient (Wildman–Crippen LogP) is 5.83. The van der Waals surface area contributed by atoms with Crippen molar-refractivity contribution in [3.63, 3.8) is 0 Å². The molecule has 7 rings (SSSR count). The minimum atomic E-state index is 0.0631. The van der Waals surface area contributed by atoms with Gasteiger partial charge in [0.1, 0.15) is 6.23 Å². The zero-order valence-corrected chi connectivity index (χ0v) is 21.2. The highest BCUT2D eigenvalue weighted by molar-refractivity contribution is 5.85. The first-order valence-corrected chi connectivity index (χ1v) is 13.8. The van der Waals surface area contributed by atoms with E-state index >= 15 is 0 Å². The van der Waals surface area contributed by atoms with Gasteiger partial charge in [-0.05, 0) is 73.8 Å². The number of hydrogen-bond donors (Lipinski definition) is 0. The molecule has 0 N–H and O–H groups in total. The van der Waals surface area contributed by atoms with Gasteiger partial charge in [0.2, 0.25) is 5.91 Å². The van der Waals surface area contributed by atoms with Crippen molar-refractivity contribution in [1.29, 1.82) is 0 Å². The summed E-state index contributed by atoms with van der Waals surface area (Å²) >= 11 is 0. The summed E-state index contributed by atoms with van der Waals surface area (Å²) in [5, 5.41) is 5.84. The number of carbonyl (C=O) groups is 1. The summed E-state index contributed by atoms with van der Waals surface area (Å²) in [5.74, 6) is 0.810. The number of benzene rings is 2. The number of aromatic nitrogens is 3. The van der Waals surface area contributed by atoms with Crippen LogP contribution in [0.5, 0.6) is 0 Å². The van der Waals surface area contributed by atoms with Gasteiger partial charge in [-0.1, -0.05) is 36.4 Å². The average molecular weight is 495 g/mol. The standard InChI is InChI=1S/C31H34N4O2/c36-30(16-22-6-2-1-3-7-22)35-27-10-12-29(35)25(18-27)20-33-14-13-24-17-23(9-11-28(24)33)26-19-32-34(21-26)31-8-4-5-15-37-31/h1-3,6-7,9,11,13-14,17,19,21,25,27,29,31H,4-5,8,10,12,15-16,18,20H2. The van der Waals surface area contributed by atoms with E-state index in [2.05, 4.69) is 63.4 Å². The maximum Gasteiger partial charge on any atom is 0.227 e. The average Bonchev–Trinajstić information content (AvgIpc) is 3.73. The molecule has 5 heterocycles. The Bertz CT molecular complexity index is 1400. The van der Waals surface area contributed by atoms with E-state index in [-0.39, 0.29) is 6.23 Å². The van der Waals surface area contributed by atoms with Crippen molar-refractivity contribution in [2.24, 2.45) is 5.92 Å². The number of ether oxygens (including phenoxy) is 1. The van der Waals surface area contributed by atoms with Gasteiger partial charge in [0.25, 0.3) is 0 Å². The lowest BCUT2D eigenvalue weighted by molar-refractivity contribution is -0.131. The Hall–Kier alpha value is -3.38. The highest BCUT2D eigenvalue weighted by Gasteiger charge is 2.48. The fourth-order valence-corrected chi connectivity index (χ4v) is 6.93. The van der Waals surface area contributed by atoms with Crippen LogP contribution in [0.2, 0.25) is 0 Å². The van der Waals surface area contributed by atoms with E-state index in [4.69, 9.17) is 4.74 Å². The Morgan fingerprint density at radius 2 is 1.92 bits per heavy atom. The fourth-order valence-electron chi connectivity index (χ4n) is 6.93. The first-order valence-electron chi connectivity index (χ1n) is 13.8. The molecule has 190 valence electrons. The third kappa shape index (κ3) is 4.27. The second-order valence-corrected chi connectivity index (χ2v) is 11.0. The van der Waals surface area contributed by atoms with Gasteiger partial charge in [-0.3, -0.25) is 4.79 Å². The number of fused-ring (bicyclic) bond motifs is 3. The lowest BCUT2D eigenvalue weighted by Crippen LogP contribution is -2.38. The molecule has 1 amide bonds. The summed E-state index contributed by atoms with van der Waals surface area (Å²) in [6.45, 7) is 1.79. The van der Waals surface area contributed by atoms with Crippen molar-refractivity contribution in [2.45, 2.75) is 69.8 Å². The van der Waals surface area contributed by atoms with Gasteiger partial charge in [0, 0.05) is 54.1 Å². The molecule has 3 fully saturated rings. The lowest BCUT2D eigenvalue weighted by atomic mass is 9.89. The smallest absolute Gasteiger partial charge is 0.227 e. The third-order valence-corrected chi connectivity index (χ3v) is 8.74. The Morgan fingerprint density at radius 1 is 1.00 bits per heavy atom. The molecule has 2 aromatic heterocycles. The molecule has 0 saturated carbocycles. The number of amides is 1. The van der Waals surface area contributed by atoms with Gasteiger partial charge < -0.3 is 14.2 Å². The molecule has 3 saturated heterocycles. The van der Waals surface area contributed by atoms with Crippen LogP contribution in [0.15, 0.2) is 73.2 Å². The van der Waals surface area contributed by atoms with E-state index in [1.54, 1.807) is 0 Å². The van der Waals surface area contributed by atoms with Crippen LogP contribution in [0.4, 0.5) is 0 Å². The maximum absolute atomic E-state index is 13.2. The zero-order valence-electron chi connectivity index (χ0n) is 21.2. The summed E-state index contributed by atoms with van der Waals surface area (Å²) in [6, 6.07) is 19.9. The van der Waals surface area contributed by atoms with Gasteiger partial charge in [0.15, 0.2) is 0 Å². The first-order chi connectivity index (χ1) is 18.2. The molecule has 4 unspecified atom stereocenters. The molecule has 2 aromatic carbocycles. The second-order valence-electron chi connectivity index (χ2n) is 11.0. The molecular formula is C31H34N4O2. The van der Waals surface area contributed by atoms with Crippen LogP contribution in [0.3, 0.4) is 0 Å². The number of rotatable bonds is 6. The summed E-state index contributed by atoms with van der Waals surface area (Å²) in [6.07, 6.45) is 13.6. The maximum atomic E-state index is 13.2. The van der Waals surface area contributed by atoms with Crippen LogP contribution in [-0.4, -0.2) is 43.8 Å². The summed E-state index contributed by atoms with van der Waals surface area (Å²) in [4.78, 5) is 15.4. The van der Waals surface area contributed by atoms with Crippen molar-refractivity contribution in [2.75, 3.05) is 6.61 Å². The van der Waals surface area contributed by atoms with Crippen molar-refractivity contribution in [3.05, 3.63) is 78.8 Å². The highest BCUT2D eigenvalue weighted by Crippen LogP contribution is 2.43. The predicted molar refractivity (Wildman–Crippen MR) is 144 cm³/mol. The van der Waals surface area contributed by atoms with Gasteiger partial charge in [-0.2, -0.15) is 5.10 Å². The molecule has 6 nitrogen and oxygen atoms in total. The number of hydrogen-bond acceptors (Lipinski definition) is 3. The van der Waals surface area contributed by atoms with Gasteiger partial charge in [-0.15, -0.1) is 0 Å². The second kappa shape index (κ2) is 9.49. The van der Waals surface area contributed by atoms with E-state index in [0.717, 1.165) is 56.4 Å². The molecule has 6 heteroatoms. The molecule has 37 heavy (non-hydrogen) atoms. The van der Waals surface area contributed by atoms with Crippen LogP contribution in [0, 0.1) is 5.92 Å². The van der Waals surface area contributed by atoms with Crippen LogP contribution in [-0.2, 0) is 22.5 Å². The molecule has 2 bridgehead atoms. The largest absolute Gasteiger partial charge is 0.357 e. The molecule has 0 aliphatic carbocycles. The topological polar surface area (TPSA) is 52.3 Å². The van der Waals surface area contributed by atoms with E-state index < -0.39 is 0 Å². The van der Waals surface area contributed by atoms with Crippen molar-refractivity contribution in [3.8, 4) is 11.1 Å². The molecule has 0 spiro atoms. The molecule has 4 aromatic rings. The molecule has 0 radical (unpaired) electrons. The summed E-state index contributed by atoms with van der Waals surface area (Å²) in [7, 11) is 0. The fraction of sp³-hybridized carbons (Fsp3) is 0.419. The van der Waals surface area contributed by atoms with Crippen molar-refractivity contribution in [1.82, 2.24) is 19.2 Å². The summed E-state index contributed by atoms with van der Waals surface area (Å²) in [5.41, 5.74) is 4.69. The first kappa shape index (κ1) is 22.8. The quantitative estimate of drug-likeness (QED) is 0.339. The third-order valence-electron chi connectivity index (χ3n) is 8.74. The normalized spacial score (nSPS) is 25.2. The van der Waals surface area contributed by atoms with E-state index in [1.807, 2.05) is 29.1 Å². The van der Waals surface area contributed by atoms with Gasteiger partial charge >= 0.3 is 0 Å². The molecular weight excluding hydrogens is 460 g/mol. The minimum absolute atomic E-state index is 0.0631. The van der Waals surface area contributed by atoms with Crippen molar-refractivity contribution < 1.29 is 9.53 Å². The van der Waals surface area contributed by atoms with Crippen LogP contribution in [0.1, 0.15) is 50.3 Å². The van der Waals surface area contributed by atoms with E-state index in [1.165, 1.54) is 22.9 Å². The minimum Gasteiger partial charge on any atom is -0.357 e. The Morgan fingerprint density at radius 3 is 2.78 bits per heavy atom. The van der Waals surface area contributed by atoms with Gasteiger partial charge in [-0.25, -0.2) is 4.68 Å². The van der Waals surface area contributed by atoms with Gasteiger partial charge in [0.05, 0.1) is 12.6 Å². The number of carbonyl (C=O) groups excluding carboxylic acids is 1. The Balaban J connectivity index is 1.06. The summed E-state index contributed by atoms with van der Waals surface area (Å²) < 4.78 is 10.3. The Kier molecular flexibility index (Phi) is 5.85. The molecule has 3 aliphatic rings.